The van der Waals surface area contributed by atoms with Crippen LogP contribution in [0.2, 0.25) is 5.02 Å². The second kappa shape index (κ2) is 10.3. The Labute approximate surface area is 201 Å². The second-order valence-electron chi connectivity index (χ2n) is 8.29. The molecule has 0 bridgehead atoms. The highest BCUT2D eigenvalue weighted by atomic mass is 35.5. The van der Waals surface area contributed by atoms with Crippen LogP contribution in [0.1, 0.15) is 27.9 Å². The van der Waals surface area contributed by atoms with Crippen molar-refractivity contribution in [3.05, 3.63) is 64.2 Å². The van der Waals surface area contributed by atoms with Crippen LogP contribution in [-0.2, 0) is 20.0 Å². The molecule has 2 saturated heterocycles. The molecule has 4 N–H and O–H groups in total. The number of carbonyl (C=O) groups excluding carboxylic acids is 1. The van der Waals surface area contributed by atoms with Crippen molar-refractivity contribution in [2.24, 2.45) is 0 Å². The first-order valence-corrected chi connectivity index (χ1v) is 11.3. The fourth-order valence-corrected chi connectivity index (χ4v) is 4.42. The van der Waals surface area contributed by atoms with Crippen molar-refractivity contribution in [1.29, 1.82) is 0 Å². The summed E-state index contributed by atoms with van der Waals surface area (Å²) in [6.45, 7) is 0.560. The molecule has 9 nitrogen and oxygen atoms in total. The van der Waals surface area contributed by atoms with E-state index in [1.807, 2.05) is 0 Å². The first-order chi connectivity index (χ1) is 16.3. The zero-order valence-electron chi connectivity index (χ0n) is 18.5. The Hall–Kier alpha value is -2.08. The molecule has 2 fully saturated rings. The smallest absolute Gasteiger partial charge is 0.224 e. The Balaban J connectivity index is 1.63. The lowest BCUT2D eigenvalue weighted by molar-refractivity contribution is -0.366. The van der Waals surface area contributed by atoms with E-state index < -0.39 is 42.6 Å². The van der Waals surface area contributed by atoms with E-state index in [1.165, 1.54) is 25.3 Å². The molecule has 184 valence electrons. The first kappa shape index (κ1) is 25.0. The molecule has 10 heteroatoms. The van der Waals surface area contributed by atoms with Crippen LogP contribution in [-0.4, -0.2) is 83.7 Å². The third kappa shape index (κ3) is 4.58. The minimum atomic E-state index is -1.95. The number of hydrogen-bond acceptors (Lipinski definition) is 9. The zero-order valence-corrected chi connectivity index (χ0v) is 19.2. The lowest BCUT2D eigenvalue weighted by Crippen LogP contribution is -2.64. The van der Waals surface area contributed by atoms with Crippen LogP contribution in [0.15, 0.2) is 42.5 Å². The number of rotatable bonds is 7. The summed E-state index contributed by atoms with van der Waals surface area (Å²) in [5.41, 5.74) is 0.653. The molecule has 1 unspecified atom stereocenters. The summed E-state index contributed by atoms with van der Waals surface area (Å²) < 4.78 is 22.3. The summed E-state index contributed by atoms with van der Waals surface area (Å²) in [4.78, 5) is 13.3. The maximum Gasteiger partial charge on any atom is 0.224 e. The number of hydrogen-bond donors (Lipinski definition) is 4. The van der Waals surface area contributed by atoms with Crippen LogP contribution < -0.4 is 4.74 Å². The molecule has 2 aromatic rings. The Morgan fingerprint density at radius 1 is 1.15 bits per heavy atom. The van der Waals surface area contributed by atoms with Crippen LogP contribution in [0.25, 0.3) is 0 Å². The third-order valence-electron chi connectivity index (χ3n) is 6.17. The van der Waals surface area contributed by atoms with Gasteiger partial charge in [-0.1, -0.05) is 17.7 Å². The SMILES string of the molecule is COC1(c2ccc(Cl)c(C(=O)c3ccc(O[C@H]4CCOC4)cc3)c2)O[C@H](CO)[C@@H](O)[C@H](O)[C@H]1O. The summed E-state index contributed by atoms with van der Waals surface area (Å²) in [6.07, 6.45) is -5.36. The number of benzene rings is 2. The van der Waals surface area contributed by atoms with Crippen molar-refractivity contribution in [2.75, 3.05) is 26.9 Å². The highest BCUT2D eigenvalue weighted by molar-refractivity contribution is 6.35. The highest BCUT2D eigenvalue weighted by Crippen LogP contribution is 2.40. The maximum absolute atomic E-state index is 13.3. The first-order valence-electron chi connectivity index (χ1n) is 10.9. The van der Waals surface area contributed by atoms with E-state index in [2.05, 4.69) is 0 Å². The molecule has 0 aliphatic carbocycles. The van der Waals surface area contributed by atoms with Crippen molar-refractivity contribution in [3.63, 3.8) is 0 Å². The van der Waals surface area contributed by atoms with E-state index in [4.69, 9.17) is 30.5 Å². The second-order valence-corrected chi connectivity index (χ2v) is 8.70. The molecule has 0 radical (unpaired) electrons. The van der Waals surface area contributed by atoms with Gasteiger partial charge >= 0.3 is 0 Å². The predicted molar refractivity (Wildman–Crippen MR) is 120 cm³/mol. The highest BCUT2D eigenvalue weighted by Gasteiger charge is 2.55. The van der Waals surface area contributed by atoms with Crippen molar-refractivity contribution in [3.8, 4) is 5.75 Å². The molecule has 0 saturated carbocycles. The van der Waals surface area contributed by atoms with Crippen LogP contribution in [0.3, 0.4) is 0 Å². The number of halogens is 1. The van der Waals surface area contributed by atoms with Gasteiger partial charge in [0.25, 0.3) is 0 Å². The number of aliphatic hydroxyl groups excluding tert-OH is 4. The van der Waals surface area contributed by atoms with Crippen LogP contribution in [0.4, 0.5) is 0 Å². The van der Waals surface area contributed by atoms with Gasteiger partial charge in [-0.25, -0.2) is 0 Å². The minimum absolute atomic E-state index is 0.0172. The fraction of sp³-hybridized carbons (Fsp3) is 0.458. The molecule has 0 spiro atoms. The van der Waals surface area contributed by atoms with Gasteiger partial charge in [-0.3, -0.25) is 4.79 Å². The molecule has 34 heavy (non-hydrogen) atoms. The average molecular weight is 495 g/mol. The van der Waals surface area contributed by atoms with Gasteiger partial charge in [0.2, 0.25) is 5.79 Å². The summed E-state index contributed by atoms with van der Waals surface area (Å²) in [6, 6.07) is 11.0. The van der Waals surface area contributed by atoms with E-state index in [1.54, 1.807) is 24.3 Å². The summed E-state index contributed by atoms with van der Waals surface area (Å²) in [5, 5.41) is 40.8. The molecular formula is C24H27ClO9. The van der Waals surface area contributed by atoms with Crippen LogP contribution in [0, 0.1) is 0 Å². The van der Waals surface area contributed by atoms with Crippen molar-refractivity contribution < 1.29 is 44.2 Å². The van der Waals surface area contributed by atoms with Gasteiger partial charge in [0.05, 0.1) is 24.8 Å². The van der Waals surface area contributed by atoms with Gasteiger partial charge in [0.1, 0.15) is 36.3 Å². The standard InChI is InChI=1S/C24H27ClO9/c1-31-24(23(30)22(29)21(28)19(11-26)34-24)14-4-7-18(25)17(10-14)20(27)13-2-5-15(6-3-13)33-16-8-9-32-12-16/h2-7,10,16,19,21-23,26,28-30H,8-9,11-12H2,1H3/t16-,19+,21+,22-,23+,24?/m0/s1. The molecule has 2 heterocycles. The Bertz CT molecular complexity index is 1010. The van der Waals surface area contributed by atoms with Gasteiger partial charge in [-0.05, 0) is 36.4 Å². The van der Waals surface area contributed by atoms with Gasteiger partial charge in [0, 0.05) is 30.2 Å². The molecule has 0 amide bonds. The van der Waals surface area contributed by atoms with E-state index in [0.29, 0.717) is 24.5 Å². The molecular weight excluding hydrogens is 468 g/mol. The number of carbonyl (C=O) groups is 1. The van der Waals surface area contributed by atoms with E-state index in [9.17, 15) is 25.2 Å². The van der Waals surface area contributed by atoms with E-state index in [-0.39, 0.29) is 22.3 Å². The maximum atomic E-state index is 13.3. The predicted octanol–water partition coefficient (Wildman–Crippen LogP) is 1.01. The Morgan fingerprint density at radius 2 is 1.88 bits per heavy atom. The molecule has 0 aromatic heterocycles. The summed E-state index contributed by atoms with van der Waals surface area (Å²) in [7, 11) is 1.24. The Morgan fingerprint density at radius 3 is 2.50 bits per heavy atom. The third-order valence-corrected chi connectivity index (χ3v) is 6.50. The number of ketones is 1. The Kier molecular flexibility index (Phi) is 7.56. The lowest BCUT2D eigenvalue weighted by Gasteiger charge is -2.47. The zero-order chi connectivity index (χ0) is 24.5. The van der Waals surface area contributed by atoms with Gasteiger partial charge in [0.15, 0.2) is 5.78 Å². The molecule has 2 aliphatic rings. The topological polar surface area (TPSA) is 135 Å². The summed E-state index contributed by atoms with van der Waals surface area (Å²) in [5.74, 6) is -1.72. The average Bonchev–Trinajstić information content (AvgIpc) is 3.37. The van der Waals surface area contributed by atoms with Gasteiger partial charge in [-0.15, -0.1) is 0 Å². The van der Waals surface area contributed by atoms with E-state index >= 15 is 0 Å². The van der Waals surface area contributed by atoms with Gasteiger partial charge < -0.3 is 39.4 Å². The van der Waals surface area contributed by atoms with Crippen molar-refractivity contribution >= 4 is 17.4 Å². The van der Waals surface area contributed by atoms with Crippen molar-refractivity contribution in [2.45, 2.75) is 42.7 Å². The monoisotopic (exact) mass is 494 g/mol. The molecule has 2 aliphatic heterocycles. The van der Waals surface area contributed by atoms with Crippen LogP contribution >= 0.6 is 11.6 Å². The largest absolute Gasteiger partial charge is 0.488 e. The molecule has 2 aromatic carbocycles. The fourth-order valence-electron chi connectivity index (χ4n) is 4.22. The number of methoxy groups -OCH3 is 1. The molecule has 4 rings (SSSR count). The van der Waals surface area contributed by atoms with E-state index in [0.717, 1.165) is 6.42 Å². The quantitative estimate of drug-likeness (QED) is 0.416. The summed E-state index contributed by atoms with van der Waals surface area (Å²) >= 11 is 6.32. The van der Waals surface area contributed by atoms with Gasteiger partial charge in [-0.2, -0.15) is 0 Å². The normalized spacial score (nSPS) is 31.4. The van der Waals surface area contributed by atoms with Crippen molar-refractivity contribution in [1.82, 2.24) is 0 Å². The number of aliphatic hydroxyl groups is 4. The van der Waals surface area contributed by atoms with Crippen LogP contribution in [0.5, 0.6) is 5.75 Å². The minimum Gasteiger partial charge on any atom is -0.488 e. The number of ether oxygens (including phenoxy) is 4. The lowest BCUT2D eigenvalue weighted by atomic mass is 9.87. The molecule has 6 atom stereocenters.